The van der Waals surface area contributed by atoms with Crippen LogP contribution >= 0.6 is 0 Å². The van der Waals surface area contributed by atoms with E-state index in [0.717, 1.165) is 24.2 Å². The fourth-order valence-electron chi connectivity index (χ4n) is 1.75. The van der Waals surface area contributed by atoms with Crippen LogP contribution in [0.1, 0.15) is 32.1 Å². The largest absolute Gasteiger partial charge is 0.388 e. The first-order valence-electron chi connectivity index (χ1n) is 6.66. The Morgan fingerprint density at radius 1 is 0.950 bits per heavy atom. The molecular formula is C14H21N3O3. The van der Waals surface area contributed by atoms with Crippen molar-refractivity contribution in [2.45, 2.75) is 32.1 Å². The highest BCUT2D eigenvalue weighted by molar-refractivity contribution is 5.90. The van der Waals surface area contributed by atoms with Crippen LogP contribution < -0.4 is 16.1 Å². The SMILES string of the molecule is CNc1ccc(NC(=O)CCCCCC(=O)NO)cc1. The second-order valence-electron chi connectivity index (χ2n) is 4.47. The molecule has 0 saturated heterocycles. The van der Waals surface area contributed by atoms with Crippen LogP contribution in [-0.4, -0.2) is 24.1 Å². The molecule has 0 fully saturated rings. The number of hydroxylamine groups is 1. The van der Waals surface area contributed by atoms with Gasteiger partial charge in [-0.1, -0.05) is 6.42 Å². The average molecular weight is 279 g/mol. The van der Waals surface area contributed by atoms with Gasteiger partial charge in [-0.2, -0.15) is 0 Å². The van der Waals surface area contributed by atoms with E-state index in [1.54, 1.807) is 5.48 Å². The summed E-state index contributed by atoms with van der Waals surface area (Å²) >= 11 is 0. The van der Waals surface area contributed by atoms with Crippen LogP contribution in [0.15, 0.2) is 24.3 Å². The molecule has 0 aromatic heterocycles. The minimum Gasteiger partial charge on any atom is -0.388 e. The molecule has 1 aromatic carbocycles. The fraction of sp³-hybridized carbons (Fsp3) is 0.429. The first kappa shape index (κ1) is 16.0. The molecule has 0 heterocycles. The first-order valence-corrected chi connectivity index (χ1v) is 6.66. The van der Waals surface area contributed by atoms with Gasteiger partial charge in [-0.3, -0.25) is 14.8 Å². The molecule has 0 unspecified atom stereocenters. The van der Waals surface area contributed by atoms with Crippen molar-refractivity contribution in [1.82, 2.24) is 5.48 Å². The minimum absolute atomic E-state index is 0.0335. The van der Waals surface area contributed by atoms with Gasteiger partial charge in [0, 0.05) is 31.3 Å². The average Bonchev–Trinajstić information content (AvgIpc) is 2.47. The molecule has 0 radical (unpaired) electrons. The van der Waals surface area contributed by atoms with Gasteiger partial charge in [0.2, 0.25) is 11.8 Å². The third-order valence-electron chi connectivity index (χ3n) is 2.89. The van der Waals surface area contributed by atoms with Crippen molar-refractivity contribution in [3.05, 3.63) is 24.3 Å². The van der Waals surface area contributed by atoms with E-state index < -0.39 is 0 Å². The third kappa shape index (κ3) is 6.19. The topological polar surface area (TPSA) is 90.5 Å². The van der Waals surface area contributed by atoms with Crippen molar-refractivity contribution < 1.29 is 14.8 Å². The molecule has 0 saturated carbocycles. The summed E-state index contributed by atoms with van der Waals surface area (Å²) in [7, 11) is 1.84. The third-order valence-corrected chi connectivity index (χ3v) is 2.89. The number of unbranched alkanes of at least 4 members (excludes halogenated alkanes) is 2. The van der Waals surface area contributed by atoms with Gasteiger partial charge in [-0.15, -0.1) is 0 Å². The molecule has 20 heavy (non-hydrogen) atoms. The maximum atomic E-state index is 11.7. The number of anilines is 2. The van der Waals surface area contributed by atoms with E-state index in [2.05, 4.69) is 10.6 Å². The zero-order valence-electron chi connectivity index (χ0n) is 11.6. The zero-order valence-corrected chi connectivity index (χ0v) is 11.6. The number of benzene rings is 1. The molecule has 0 aliphatic carbocycles. The Labute approximate surface area is 118 Å². The molecular weight excluding hydrogens is 258 g/mol. The fourth-order valence-corrected chi connectivity index (χ4v) is 1.75. The number of hydrogen-bond acceptors (Lipinski definition) is 4. The van der Waals surface area contributed by atoms with Gasteiger partial charge in [-0.05, 0) is 37.1 Å². The maximum absolute atomic E-state index is 11.7. The van der Waals surface area contributed by atoms with Gasteiger partial charge < -0.3 is 10.6 Å². The van der Waals surface area contributed by atoms with Crippen LogP contribution in [-0.2, 0) is 9.59 Å². The van der Waals surface area contributed by atoms with Crippen LogP contribution in [0.5, 0.6) is 0 Å². The Bertz CT molecular complexity index is 432. The van der Waals surface area contributed by atoms with Crippen molar-refractivity contribution in [3.63, 3.8) is 0 Å². The molecule has 0 aliphatic rings. The predicted molar refractivity (Wildman–Crippen MR) is 77.6 cm³/mol. The number of carbonyl (C=O) groups excluding carboxylic acids is 2. The molecule has 0 atom stereocenters. The standard InChI is InChI=1S/C14H21N3O3/c1-15-11-7-9-12(10-8-11)16-13(18)5-3-2-4-6-14(19)17-20/h7-10,15,20H,2-6H2,1H3,(H,16,18)(H,17,19). The van der Waals surface area contributed by atoms with Gasteiger partial charge in [0.05, 0.1) is 0 Å². The smallest absolute Gasteiger partial charge is 0.243 e. The minimum atomic E-state index is -0.390. The van der Waals surface area contributed by atoms with Crippen molar-refractivity contribution in [1.29, 1.82) is 0 Å². The van der Waals surface area contributed by atoms with Crippen molar-refractivity contribution in [2.24, 2.45) is 0 Å². The van der Waals surface area contributed by atoms with Crippen LogP contribution in [0.4, 0.5) is 11.4 Å². The number of rotatable bonds is 8. The first-order chi connectivity index (χ1) is 9.65. The molecule has 0 aliphatic heterocycles. The second kappa shape index (κ2) is 8.92. The predicted octanol–water partition coefficient (Wildman–Crippen LogP) is 2.12. The molecule has 6 nitrogen and oxygen atoms in total. The second-order valence-corrected chi connectivity index (χ2v) is 4.47. The van der Waals surface area contributed by atoms with Crippen molar-refractivity contribution in [3.8, 4) is 0 Å². The Hall–Kier alpha value is -2.08. The quantitative estimate of drug-likeness (QED) is 0.333. The number of hydrogen-bond donors (Lipinski definition) is 4. The summed E-state index contributed by atoms with van der Waals surface area (Å²) in [5.41, 5.74) is 3.35. The van der Waals surface area contributed by atoms with Crippen molar-refractivity contribution >= 4 is 23.2 Å². The van der Waals surface area contributed by atoms with Crippen molar-refractivity contribution in [2.75, 3.05) is 17.7 Å². The molecule has 2 amide bonds. The summed E-state index contributed by atoms with van der Waals surface area (Å²) in [4.78, 5) is 22.4. The highest BCUT2D eigenvalue weighted by Crippen LogP contribution is 2.13. The number of nitrogens with one attached hydrogen (secondary N) is 3. The van der Waals surface area contributed by atoms with E-state index in [1.165, 1.54) is 0 Å². The molecule has 110 valence electrons. The normalized spacial score (nSPS) is 9.90. The monoisotopic (exact) mass is 279 g/mol. The lowest BCUT2D eigenvalue weighted by atomic mass is 10.1. The van der Waals surface area contributed by atoms with Crippen LogP contribution in [0.3, 0.4) is 0 Å². The van der Waals surface area contributed by atoms with Crippen LogP contribution in [0, 0.1) is 0 Å². The molecule has 0 spiro atoms. The Morgan fingerprint density at radius 2 is 1.50 bits per heavy atom. The molecule has 4 N–H and O–H groups in total. The summed E-state index contributed by atoms with van der Waals surface area (Å²) in [6, 6.07) is 7.47. The molecule has 0 bridgehead atoms. The lowest BCUT2D eigenvalue weighted by Crippen LogP contribution is -2.17. The van der Waals surface area contributed by atoms with E-state index in [-0.39, 0.29) is 18.2 Å². The van der Waals surface area contributed by atoms with Gasteiger partial charge in [-0.25, -0.2) is 5.48 Å². The van der Waals surface area contributed by atoms with Crippen LogP contribution in [0.25, 0.3) is 0 Å². The van der Waals surface area contributed by atoms with E-state index in [0.29, 0.717) is 12.8 Å². The van der Waals surface area contributed by atoms with E-state index in [1.807, 2.05) is 31.3 Å². The Balaban J connectivity index is 2.18. The molecule has 1 rings (SSSR count). The lowest BCUT2D eigenvalue weighted by Gasteiger charge is -2.06. The summed E-state index contributed by atoms with van der Waals surface area (Å²) in [5, 5.41) is 14.1. The summed E-state index contributed by atoms with van der Waals surface area (Å²) in [6.45, 7) is 0. The highest BCUT2D eigenvalue weighted by Gasteiger charge is 2.03. The number of carbonyl (C=O) groups is 2. The maximum Gasteiger partial charge on any atom is 0.243 e. The lowest BCUT2D eigenvalue weighted by molar-refractivity contribution is -0.129. The summed E-state index contributed by atoms with van der Waals surface area (Å²) in [5.74, 6) is -0.423. The Kier molecular flexibility index (Phi) is 7.13. The van der Waals surface area contributed by atoms with E-state index in [4.69, 9.17) is 5.21 Å². The molecule has 6 heteroatoms. The zero-order chi connectivity index (χ0) is 14.8. The summed E-state index contributed by atoms with van der Waals surface area (Å²) < 4.78 is 0. The van der Waals surface area contributed by atoms with Crippen LogP contribution in [0.2, 0.25) is 0 Å². The molecule has 1 aromatic rings. The number of amides is 2. The van der Waals surface area contributed by atoms with E-state index in [9.17, 15) is 9.59 Å². The van der Waals surface area contributed by atoms with Gasteiger partial charge in [0.1, 0.15) is 0 Å². The Morgan fingerprint density at radius 3 is 2.05 bits per heavy atom. The summed E-state index contributed by atoms with van der Waals surface area (Å²) in [6.07, 6.45) is 2.87. The van der Waals surface area contributed by atoms with Gasteiger partial charge in [0.15, 0.2) is 0 Å². The van der Waals surface area contributed by atoms with Gasteiger partial charge in [0.25, 0.3) is 0 Å². The highest BCUT2D eigenvalue weighted by atomic mass is 16.5. The van der Waals surface area contributed by atoms with Gasteiger partial charge >= 0.3 is 0 Å². The van der Waals surface area contributed by atoms with E-state index >= 15 is 0 Å².